The number of aryl methyl sites for hydroxylation is 1. The summed E-state index contributed by atoms with van der Waals surface area (Å²) in [5.74, 6) is 0.0591. The lowest BCUT2D eigenvalue weighted by Crippen LogP contribution is -2.43. The van der Waals surface area contributed by atoms with Crippen molar-refractivity contribution in [1.82, 2.24) is 14.7 Å². The van der Waals surface area contributed by atoms with Crippen LogP contribution < -0.4 is 5.32 Å². The summed E-state index contributed by atoms with van der Waals surface area (Å²) in [5, 5.41) is 9.08. The molecule has 0 saturated heterocycles. The Bertz CT molecular complexity index is 1060. The summed E-state index contributed by atoms with van der Waals surface area (Å²) >= 11 is 6.36. The quantitative estimate of drug-likeness (QED) is 0.632. The van der Waals surface area contributed by atoms with Gasteiger partial charge in [-0.15, -0.1) is 0 Å². The van der Waals surface area contributed by atoms with E-state index >= 15 is 0 Å². The maximum absolute atomic E-state index is 13.2. The normalized spacial score (nSPS) is 15.9. The molecule has 0 saturated carbocycles. The molecule has 1 N–H and O–H groups in total. The van der Waals surface area contributed by atoms with Gasteiger partial charge >= 0.3 is 0 Å². The Morgan fingerprint density at radius 3 is 2.59 bits per heavy atom. The number of hydrogen-bond donors (Lipinski definition) is 1. The zero-order valence-electron chi connectivity index (χ0n) is 16.9. The molecule has 1 aliphatic heterocycles. The first-order valence-corrected chi connectivity index (χ1v) is 10.3. The minimum absolute atomic E-state index is 0.0591. The van der Waals surface area contributed by atoms with Gasteiger partial charge in [-0.2, -0.15) is 5.10 Å². The van der Waals surface area contributed by atoms with Crippen molar-refractivity contribution in [3.05, 3.63) is 81.6 Å². The Kier molecular flexibility index (Phi) is 5.33. The molecule has 2 heterocycles. The van der Waals surface area contributed by atoms with E-state index in [1.807, 2.05) is 65.0 Å². The van der Waals surface area contributed by atoms with Gasteiger partial charge in [-0.05, 0) is 44.0 Å². The largest absolute Gasteiger partial charge is 0.361 e. The van der Waals surface area contributed by atoms with E-state index in [-0.39, 0.29) is 12.1 Å². The Hall–Kier alpha value is -2.79. The molecule has 1 amide bonds. The van der Waals surface area contributed by atoms with Gasteiger partial charge in [0.05, 0.1) is 17.8 Å². The standard InChI is InChI=1S/C23H25ClN4O/c1-4-13-27-22(25-20-12-8-6-10-18(20)23(27)29)21-15(2)26-28(16(21)3)14-17-9-5-7-11-19(17)24/h5-12,22,25H,4,13-14H2,1-3H3. The lowest BCUT2D eigenvalue weighted by Gasteiger charge is -2.38. The van der Waals surface area contributed by atoms with Crippen LogP contribution in [0.15, 0.2) is 48.5 Å². The number of hydrogen-bond acceptors (Lipinski definition) is 3. The molecule has 6 heteroatoms. The molecule has 1 atom stereocenters. The van der Waals surface area contributed by atoms with E-state index in [1.54, 1.807) is 0 Å². The summed E-state index contributed by atoms with van der Waals surface area (Å²) in [5.41, 5.74) is 5.61. The third kappa shape index (κ3) is 3.51. The van der Waals surface area contributed by atoms with Crippen molar-refractivity contribution in [2.45, 2.75) is 39.9 Å². The average molecular weight is 409 g/mol. The van der Waals surface area contributed by atoms with E-state index in [0.29, 0.717) is 13.1 Å². The van der Waals surface area contributed by atoms with Gasteiger partial charge in [0.2, 0.25) is 0 Å². The van der Waals surface area contributed by atoms with Crippen molar-refractivity contribution in [3.63, 3.8) is 0 Å². The molecule has 1 aromatic heterocycles. The monoisotopic (exact) mass is 408 g/mol. The topological polar surface area (TPSA) is 50.2 Å². The van der Waals surface area contributed by atoms with Crippen molar-refractivity contribution in [2.24, 2.45) is 0 Å². The summed E-state index contributed by atoms with van der Waals surface area (Å²) in [4.78, 5) is 15.1. The summed E-state index contributed by atoms with van der Waals surface area (Å²) in [6, 6.07) is 15.5. The van der Waals surface area contributed by atoms with Crippen LogP contribution in [0.25, 0.3) is 0 Å². The molecule has 4 rings (SSSR count). The van der Waals surface area contributed by atoms with E-state index < -0.39 is 0 Å². The number of nitrogens with zero attached hydrogens (tertiary/aromatic N) is 3. The second-order valence-electron chi connectivity index (χ2n) is 7.42. The first-order valence-electron chi connectivity index (χ1n) is 9.95. The number of carbonyl (C=O) groups excluding carboxylic acids is 1. The number of carbonyl (C=O) groups is 1. The van der Waals surface area contributed by atoms with Gasteiger partial charge in [0.1, 0.15) is 6.17 Å². The Morgan fingerprint density at radius 2 is 1.83 bits per heavy atom. The summed E-state index contributed by atoms with van der Waals surface area (Å²) in [7, 11) is 0. The van der Waals surface area contributed by atoms with Gasteiger partial charge in [0.15, 0.2) is 0 Å². The Labute approximate surface area is 176 Å². The molecule has 1 unspecified atom stereocenters. The van der Waals surface area contributed by atoms with Crippen molar-refractivity contribution < 1.29 is 4.79 Å². The molecule has 0 bridgehead atoms. The summed E-state index contributed by atoms with van der Waals surface area (Å²) in [6.45, 7) is 7.42. The smallest absolute Gasteiger partial charge is 0.257 e. The van der Waals surface area contributed by atoms with Crippen LogP contribution in [-0.4, -0.2) is 27.1 Å². The number of benzene rings is 2. The number of anilines is 1. The fourth-order valence-corrected chi connectivity index (χ4v) is 4.24. The molecule has 0 aliphatic carbocycles. The highest BCUT2D eigenvalue weighted by Gasteiger charge is 2.35. The van der Waals surface area contributed by atoms with Crippen LogP contribution in [0, 0.1) is 13.8 Å². The second kappa shape index (κ2) is 7.91. The average Bonchev–Trinajstić information content (AvgIpc) is 2.99. The first kappa shape index (κ1) is 19.5. The fraction of sp³-hybridized carbons (Fsp3) is 0.304. The highest BCUT2D eigenvalue weighted by Crippen LogP contribution is 2.36. The maximum atomic E-state index is 13.2. The van der Waals surface area contributed by atoms with Gasteiger partial charge < -0.3 is 10.2 Å². The van der Waals surface area contributed by atoms with Crippen LogP contribution in [0.3, 0.4) is 0 Å². The summed E-state index contributed by atoms with van der Waals surface area (Å²) < 4.78 is 1.97. The highest BCUT2D eigenvalue weighted by atomic mass is 35.5. The molecule has 0 spiro atoms. The molecular weight excluding hydrogens is 384 g/mol. The highest BCUT2D eigenvalue weighted by molar-refractivity contribution is 6.31. The van der Waals surface area contributed by atoms with E-state index in [9.17, 15) is 4.79 Å². The number of halogens is 1. The molecule has 3 aromatic rings. The van der Waals surface area contributed by atoms with Crippen LogP contribution in [-0.2, 0) is 6.54 Å². The van der Waals surface area contributed by atoms with Crippen LogP contribution in [0.1, 0.15) is 52.4 Å². The van der Waals surface area contributed by atoms with Crippen LogP contribution in [0.5, 0.6) is 0 Å². The minimum Gasteiger partial charge on any atom is -0.361 e. The zero-order valence-corrected chi connectivity index (χ0v) is 17.7. The molecule has 0 fully saturated rings. The number of para-hydroxylation sites is 1. The van der Waals surface area contributed by atoms with Gasteiger partial charge in [-0.3, -0.25) is 9.48 Å². The molecule has 150 valence electrons. The van der Waals surface area contributed by atoms with Crippen LogP contribution >= 0.6 is 11.6 Å². The Morgan fingerprint density at radius 1 is 1.10 bits per heavy atom. The third-order valence-corrected chi connectivity index (χ3v) is 5.84. The van der Waals surface area contributed by atoms with Crippen LogP contribution in [0.2, 0.25) is 5.02 Å². The third-order valence-electron chi connectivity index (χ3n) is 5.48. The number of amides is 1. The van der Waals surface area contributed by atoms with Gasteiger partial charge in [-0.25, -0.2) is 0 Å². The van der Waals surface area contributed by atoms with E-state index in [0.717, 1.165) is 45.2 Å². The fourth-order valence-electron chi connectivity index (χ4n) is 4.04. The number of nitrogens with one attached hydrogen (secondary N) is 1. The van der Waals surface area contributed by atoms with Crippen LogP contribution in [0.4, 0.5) is 5.69 Å². The number of rotatable bonds is 5. The molecule has 1 aliphatic rings. The van der Waals surface area contributed by atoms with Crippen molar-refractivity contribution in [3.8, 4) is 0 Å². The van der Waals surface area contributed by atoms with E-state index in [2.05, 4.69) is 19.2 Å². The maximum Gasteiger partial charge on any atom is 0.257 e. The van der Waals surface area contributed by atoms with Crippen molar-refractivity contribution in [2.75, 3.05) is 11.9 Å². The zero-order chi connectivity index (χ0) is 20.5. The summed E-state index contributed by atoms with van der Waals surface area (Å²) in [6.07, 6.45) is 0.648. The molecule has 5 nitrogen and oxygen atoms in total. The predicted molar refractivity (Wildman–Crippen MR) is 116 cm³/mol. The second-order valence-corrected chi connectivity index (χ2v) is 7.83. The van der Waals surface area contributed by atoms with Gasteiger partial charge in [0.25, 0.3) is 5.91 Å². The molecule has 0 radical (unpaired) electrons. The van der Waals surface area contributed by atoms with E-state index in [1.165, 1.54) is 0 Å². The van der Waals surface area contributed by atoms with Crippen molar-refractivity contribution >= 4 is 23.2 Å². The van der Waals surface area contributed by atoms with Gasteiger partial charge in [0, 0.05) is 28.5 Å². The lowest BCUT2D eigenvalue weighted by atomic mass is 10.0. The first-order chi connectivity index (χ1) is 14.0. The van der Waals surface area contributed by atoms with Gasteiger partial charge in [-0.1, -0.05) is 48.9 Å². The molecule has 29 heavy (non-hydrogen) atoms. The lowest BCUT2D eigenvalue weighted by molar-refractivity contribution is 0.0682. The Balaban J connectivity index is 1.74. The minimum atomic E-state index is -0.239. The molecular formula is C23H25ClN4O. The predicted octanol–water partition coefficient (Wildman–Crippen LogP) is 5.18. The number of aromatic nitrogens is 2. The molecule has 2 aromatic carbocycles. The SMILES string of the molecule is CCCN1C(=O)c2ccccc2NC1c1c(C)nn(Cc2ccccc2Cl)c1C. The van der Waals surface area contributed by atoms with E-state index in [4.69, 9.17) is 16.7 Å². The van der Waals surface area contributed by atoms with Crippen molar-refractivity contribution in [1.29, 1.82) is 0 Å². The number of fused-ring (bicyclic) bond motifs is 1.